The molecule has 0 aliphatic carbocycles. The summed E-state index contributed by atoms with van der Waals surface area (Å²) in [5, 5.41) is 21.2. The summed E-state index contributed by atoms with van der Waals surface area (Å²) < 4.78 is 0. The Hall–Kier alpha value is -1.53. The van der Waals surface area contributed by atoms with E-state index in [2.05, 4.69) is 32.2 Å². The van der Waals surface area contributed by atoms with E-state index in [0.29, 0.717) is 12.0 Å². The number of nitrogens with one attached hydrogen (secondary N) is 1. The third-order valence-electron chi connectivity index (χ3n) is 2.82. The molecule has 17 heavy (non-hydrogen) atoms. The molecule has 1 unspecified atom stereocenters. The molecule has 1 aromatic carbocycles. The van der Waals surface area contributed by atoms with E-state index in [9.17, 15) is 0 Å². The van der Waals surface area contributed by atoms with Gasteiger partial charge >= 0.3 is 0 Å². The summed E-state index contributed by atoms with van der Waals surface area (Å²) in [6.45, 7) is 6.60. The molecule has 3 heteroatoms. The molecule has 92 valence electrons. The second-order valence-corrected chi connectivity index (χ2v) is 5.26. The highest BCUT2D eigenvalue weighted by molar-refractivity contribution is 5.48. The lowest BCUT2D eigenvalue weighted by Crippen LogP contribution is -2.34. The minimum absolute atomic E-state index is 0.0800. The smallest absolute Gasteiger partial charge is 0.0991 e. The largest absolute Gasteiger partial charge is 0.396 e. The maximum absolute atomic E-state index is 9.08. The highest BCUT2D eigenvalue weighted by Gasteiger charge is 2.23. The summed E-state index contributed by atoms with van der Waals surface area (Å²) in [7, 11) is 0. The highest BCUT2D eigenvalue weighted by Crippen LogP contribution is 2.25. The van der Waals surface area contributed by atoms with Crippen molar-refractivity contribution in [3.8, 4) is 6.07 Å². The van der Waals surface area contributed by atoms with Gasteiger partial charge in [0.25, 0.3) is 0 Å². The fraction of sp³-hybridized carbons (Fsp3) is 0.500. The maximum atomic E-state index is 9.08. The molecule has 0 saturated heterocycles. The van der Waals surface area contributed by atoms with Crippen molar-refractivity contribution in [1.29, 1.82) is 5.26 Å². The Balaban J connectivity index is 2.76. The first-order valence-electron chi connectivity index (χ1n) is 5.85. The van der Waals surface area contributed by atoms with Crippen LogP contribution in [-0.4, -0.2) is 17.8 Å². The summed E-state index contributed by atoms with van der Waals surface area (Å²) in [5.41, 5.74) is 1.72. The van der Waals surface area contributed by atoms with E-state index in [4.69, 9.17) is 10.4 Å². The van der Waals surface area contributed by atoms with Gasteiger partial charge in [-0.3, -0.25) is 0 Å². The number of anilines is 1. The fourth-order valence-corrected chi connectivity index (χ4v) is 1.69. The van der Waals surface area contributed by atoms with Crippen molar-refractivity contribution < 1.29 is 5.11 Å². The molecule has 1 atom stereocenters. The van der Waals surface area contributed by atoms with E-state index in [-0.39, 0.29) is 18.1 Å². The lowest BCUT2D eigenvalue weighted by molar-refractivity contribution is 0.235. The molecule has 0 fully saturated rings. The van der Waals surface area contributed by atoms with Gasteiger partial charge in [-0.25, -0.2) is 0 Å². The molecule has 0 aromatic heterocycles. The highest BCUT2D eigenvalue weighted by atomic mass is 16.3. The van der Waals surface area contributed by atoms with Crippen LogP contribution in [0.4, 0.5) is 5.69 Å². The summed E-state index contributed by atoms with van der Waals surface area (Å²) in [6.07, 6.45) is 0.712. The Bertz CT molecular complexity index is 384. The average molecular weight is 232 g/mol. The van der Waals surface area contributed by atoms with Gasteiger partial charge in [-0.1, -0.05) is 20.8 Å². The van der Waals surface area contributed by atoms with Gasteiger partial charge in [-0.05, 0) is 36.1 Å². The van der Waals surface area contributed by atoms with Gasteiger partial charge in [0.15, 0.2) is 0 Å². The lowest BCUT2D eigenvalue weighted by Gasteiger charge is -2.32. The van der Waals surface area contributed by atoms with Crippen LogP contribution in [0.3, 0.4) is 0 Å². The molecule has 0 saturated carbocycles. The molecule has 0 spiro atoms. The van der Waals surface area contributed by atoms with Crippen LogP contribution in [0.15, 0.2) is 24.3 Å². The van der Waals surface area contributed by atoms with Crippen molar-refractivity contribution in [2.24, 2.45) is 5.41 Å². The van der Waals surface area contributed by atoms with Crippen LogP contribution in [-0.2, 0) is 0 Å². The van der Waals surface area contributed by atoms with E-state index in [1.165, 1.54) is 0 Å². The van der Waals surface area contributed by atoms with Crippen LogP contribution in [0.25, 0.3) is 0 Å². The van der Waals surface area contributed by atoms with Crippen LogP contribution in [0.2, 0.25) is 0 Å². The minimum Gasteiger partial charge on any atom is -0.396 e. The minimum atomic E-state index is 0.0800. The maximum Gasteiger partial charge on any atom is 0.0991 e. The van der Waals surface area contributed by atoms with E-state index in [0.717, 1.165) is 5.69 Å². The Morgan fingerprint density at radius 1 is 1.29 bits per heavy atom. The molecule has 0 amide bonds. The summed E-state index contributed by atoms with van der Waals surface area (Å²) in [4.78, 5) is 0. The standard InChI is InChI=1S/C14H20N2O/c1-14(2,3)13(8-9-17)16-12-6-4-11(10-15)5-7-12/h4-7,13,16-17H,8-9H2,1-3H3. The number of nitrogens with zero attached hydrogens (tertiary/aromatic N) is 1. The van der Waals surface area contributed by atoms with Gasteiger partial charge in [0, 0.05) is 18.3 Å². The Morgan fingerprint density at radius 3 is 2.29 bits per heavy atom. The number of benzene rings is 1. The SMILES string of the molecule is CC(C)(C)C(CCO)Nc1ccc(C#N)cc1. The van der Waals surface area contributed by atoms with Crippen LogP contribution in [0.5, 0.6) is 0 Å². The van der Waals surface area contributed by atoms with E-state index in [1.807, 2.05) is 12.1 Å². The molecule has 1 rings (SSSR count). The van der Waals surface area contributed by atoms with Crippen LogP contribution in [0.1, 0.15) is 32.8 Å². The number of aliphatic hydroxyl groups is 1. The molecule has 3 nitrogen and oxygen atoms in total. The zero-order valence-electron chi connectivity index (χ0n) is 10.7. The van der Waals surface area contributed by atoms with Gasteiger partial charge in [0.2, 0.25) is 0 Å². The third kappa shape index (κ3) is 4.08. The Morgan fingerprint density at radius 2 is 1.88 bits per heavy atom. The molecular formula is C14H20N2O. The predicted molar refractivity (Wildman–Crippen MR) is 69.7 cm³/mol. The van der Waals surface area contributed by atoms with E-state index in [1.54, 1.807) is 12.1 Å². The zero-order chi connectivity index (χ0) is 12.9. The normalized spacial score (nSPS) is 12.9. The molecular weight excluding hydrogens is 212 g/mol. The zero-order valence-corrected chi connectivity index (χ0v) is 10.7. The molecule has 1 aromatic rings. The predicted octanol–water partition coefficient (Wildman–Crippen LogP) is 2.77. The molecule has 0 aliphatic rings. The second-order valence-electron chi connectivity index (χ2n) is 5.26. The van der Waals surface area contributed by atoms with Crippen molar-refractivity contribution in [1.82, 2.24) is 0 Å². The van der Waals surface area contributed by atoms with Crippen molar-refractivity contribution in [3.05, 3.63) is 29.8 Å². The van der Waals surface area contributed by atoms with Crippen LogP contribution in [0, 0.1) is 16.7 Å². The molecule has 0 heterocycles. The van der Waals surface area contributed by atoms with E-state index < -0.39 is 0 Å². The summed E-state index contributed by atoms with van der Waals surface area (Å²) >= 11 is 0. The van der Waals surface area contributed by atoms with Crippen molar-refractivity contribution in [3.63, 3.8) is 0 Å². The molecule has 0 radical (unpaired) electrons. The number of aliphatic hydroxyl groups excluding tert-OH is 1. The van der Waals surface area contributed by atoms with Crippen molar-refractivity contribution in [2.75, 3.05) is 11.9 Å². The Kier molecular flexibility index (Phi) is 4.53. The first-order valence-corrected chi connectivity index (χ1v) is 5.85. The van der Waals surface area contributed by atoms with Gasteiger partial charge in [-0.15, -0.1) is 0 Å². The van der Waals surface area contributed by atoms with Gasteiger partial charge in [0.05, 0.1) is 11.6 Å². The molecule has 0 bridgehead atoms. The number of hydrogen-bond acceptors (Lipinski definition) is 3. The first-order chi connectivity index (χ1) is 7.97. The number of hydrogen-bond donors (Lipinski definition) is 2. The fourth-order valence-electron chi connectivity index (χ4n) is 1.69. The van der Waals surface area contributed by atoms with Gasteiger partial charge in [0.1, 0.15) is 0 Å². The quantitative estimate of drug-likeness (QED) is 0.839. The van der Waals surface area contributed by atoms with E-state index >= 15 is 0 Å². The van der Waals surface area contributed by atoms with Crippen LogP contribution < -0.4 is 5.32 Å². The van der Waals surface area contributed by atoms with Crippen LogP contribution >= 0.6 is 0 Å². The number of rotatable bonds is 4. The summed E-state index contributed by atoms with van der Waals surface area (Å²) in [6, 6.07) is 9.68. The molecule has 0 aliphatic heterocycles. The average Bonchev–Trinajstić information content (AvgIpc) is 2.28. The monoisotopic (exact) mass is 232 g/mol. The van der Waals surface area contributed by atoms with Gasteiger partial charge < -0.3 is 10.4 Å². The Labute approximate surface area is 103 Å². The topological polar surface area (TPSA) is 56.0 Å². The van der Waals surface area contributed by atoms with Crippen molar-refractivity contribution >= 4 is 5.69 Å². The van der Waals surface area contributed by atoms with Gasteiger partial charge in [-0.2, -0.15) is 5.26 Å². The third-order valence-corrected chi connectivity index (χ3v) is 2.82. The molecule has 2 N–H and O–H groups in total. The summed E-state index contributed by atoms with van der Waals surface area (Å²) in [5.74, 6) is 0. The second kappa shape index (κ2) is 5.70. The first kappa shape index (κ1) is 13.5. The number of nitriles is 1. The lowest BCUT2D eigenvalue weighted by atomic mass is 9.85. The van der Waals surface area contributed by atoms with Crippen molar-refractivity contribution in [2.45, 2.75) is 33.2 Å².